The highest BCUT2D eigenvalue weighted by Crippen LogP contribution is 2.29. The Labute approximate surface area is 151 Å². The van der Waals surface area contributed by atoms with E-state index in [4.69, 9.17) is 5.73 Å². The lowest BCUT2D eigenvalue weighted by Crippen LogP contribution is -2.57. The Morgan fingerprint density at radius 1 is 0.960 bits per heavy atom. The topological polar surface area (TPSA) is 73.6 Å². The summed E-state index contributed by atoms with van der Waals surface area (Å²) in [5.41, 5.74) is 6.31. The maximum absolute atomic E-state index is 12.9. The van der Waals surface area contributed by atoms with Gasteiger partial charge >= 0.3 is 0 Å². The molecule has 4 N–H and O–H groups in total. The van der Waals surface area contributed by atoms with Crippen molar-refractivity contribution in [1.82, 2.24) is 20.4 Å². The van der Waals surface area contributed by atoms with Crippen molar-refractivity contribution >= 4 is 5.91 Å². The Bertz CT molecular complexity index is 453. The molecule has 6 heteroatoms. The van der Waals surface area contributed by atoms with Gasteiger partial charge in [0.1, 0.15) is 0 Å². The highest BCUT2D eigenvalue weighted by molar-refractivity contribution is 5.82. The Balaban J connectivity index is 1.23. The van der Waals surface area contributed by atoms with Gasteiger partial charge in [-0.05, 0) is 76.5 Å². The van der Waals surface area contributed by atoms with Crippen molar-refractivity contribution in [2.75, 3.05) is 45.8 Å². The Morgan fingerprint density at radius 3 is 2.36 bits per heavy atom. The van der Waals surface area contributed by atoms with Crippen molar-refractivity contribution in [1.29, 1.82) is 0 Å². The number of rotatable bonds is 3. The number of hydrogen-bond acceptors (Lipinski definition) is 5. The molecule has 0 aliphatic carbocycles. The summed E-state index contributed by atoms with van der Waals surface area (Å²) < 4.78 is 0. The summed E-state index contributed by atoms with van der Waals surface area (Å²) in [4.78, 5) is 17.6. The van der Waals surface area contributed by atoms with Crippen LogP contribution < -0.4 is 16.4 Å². The van der Waals surface area contributed by atoms with E-state index in [0.717, 1.165) is 64.4 Å². The fourth-order valence-electron chi connectivity index (χ4n) is 5.32. The van der Waals surface area contributed by atoms with Crippen molar-refractivity contribution in [2.24, 2.45) is 17.6 Å². The number of piperidine rings is 3. The molecular weight excluding hydrogens is 314 g/mol. The summed E-state index contributed by atoms with van der Waals surface area (Å²) in [6.07, 6.45) is 6.97. The highest BCUT2D eigenvalue weighted by atomic mass is 16.2. The number of nitrogens with zero attached hydrogens (tertiary/aromatic N) is 2. The molecule has 6 nitrogen and oxygen atoms in total. The summed E-state index contributed by atoms with van der Waals surface area (Å²) in [6, 6.07) is 1.03. The first-order valence-corrected chi connectivity index (χ1v) is 10.4. The number of nitrogens with two attached hydrogens (primary N) is 1. The molecule has 0 radical (unpaired) electrons. The third kappa shape index (κ3) is 3.87. The normalized spacial score (nSPS) is 38.4. The zero-order chi connectivity index (χ0) is 17.2. The molecular formula is C19H35N5O. The fourth-order valence-corrected chi connectivity index (χ4v) is 5.32. The van der Waals surface area contributed by atoms with Crippen LogP contribution in [0.3, 0.4) is 0 Å². The van der Waals surface area contributed by atoms with Gasteiger partial charge in [-0.2, -0.15) is 0 Å². The molecule has 4 atom stereocenters. The van der Waals surface area contributed by atoms with E-state index in [0.29, 0.717) is 17.7 Å². The van der Waals surface area contributed by atoms with Gasteiger partial charge in [-0.25, -0.2) is 0 Å². The summed E-state index contributed by atoms with van der Waals surface area (Å²) in [5, 5.41) is 6.95. The quantitative estimate of drug-likeness (QED) is 0.668. The number of amides is 1. The number of carbonyl (C=O) groups excluding carboxylic acids is 1. The van der Waals surface area contributed by atoms with E-state index in [9.17, 15) is 4.79 Å². The number of nitrogens with one attached hydrogen (secondary N) is 2. The van der Waals surface area contributed by atoms with E-state index < -0.39 is 0 Å². The summed E-state index contributed by atoms with van der Waals surface area (Å²) in [5.74, 6) is 1.59. The van der Waals surface area contributed by atoms with Gasteiger partial charge in [0.15, 0.2) is 0 Å². The lowest BCUT2D eigenvalue weighted by Gasteiger charge is -2.44. The standard InChI is InChI=1S/C19H35N5O/c20-17-13-21-7-4-16(17)14-2-3-18(22-12-14)19(25)24-10-5-15(6-11-24)23-8-1-9-23/h14-18,21-22H,1-13,20H2/t14?,16?,17?,18-/m1/s1. The number of hydrogen-bond donors (Lipinski definition) is 3. The molecule has 4 aliphatic heterocycles. The predicted octanol–water partition coefficient (Wildman–Crippen LogP) is -0.0119. The minimum atomic E-state index is 0.0368. The molecule has 25 heavy (non-hydrogen) atoms. The molecule has 4 aliphatic rings. The van der Waals surface area contributed by atoms with Gasteiger partial charge in [-0.1, -0.05) is 0 Å². The first kappa shape index (κ1) is 17.7. The Kier molecular flexibility index (Phi) is 5.60. The highest BCUT2D eigenvalue weighted by Gasteiger charge is 2.36. The van der Waals surface area contributed by atoms with Gasteiger partial charge in [0.2, 0.25) is 5.91 Å². The summed E-state index contributed by atoms with van der Waals surface area (Å²) in [6.45, 7) is 7.41. The zero-order valence-electron chi connectivity index (χ0n) is 15.5. The van der Waals surface area contributed by atoms with Crippen LogP contribution in [0.25, 0.3) is 0 Å². The van der Waals surface area contributed by atoms with Gasteiger partial charge in [-0.3, -0.25) is 4.79 Å². The minimum absolute atomic E-state index is 0.0368. The molecule has 0 bridgehead atoms. The molecule has 0 saturated carbocycles. The largest absolute Gasteiger partial charge is 0.341 e. The Hall–Kier alpha value is -0.690. The maximum Gasteiger partial charge on any atom is 0.239 e. The summed E-state index contributed by atoms with van der Waals surface area (Å²) >= 11 is 0. The van der Waals surface area contributed by atoms with E-state index in [-0.39, 0.29) is 12.1 Å². The lowest BCUT2D eigenvalue weighted by molar-refractivity contribution is -0.136. The molecule has 4 saturated heterocycles. The van der Waals surface area contributed by atoms with Crippen molar-refractivity contribution in [3.05, 3.63) is 0 Å². The number of likely N-dealkylation sites (tertiary alicyclic amines) is 2. The maximum atomic E-state index is 12.9. The van der Waals surface area contributed by atoms with Gasteiger partial charge in [-0.15, -0.1) is 0 Å². The van der Waals surface area contributed by atoms with Crippen LogP contribution in [0.1, 0.15) is 38.5 Å². The lowest BCUT2D eigenvalue weighted by atomic mass is 9.77. The van der Waals surface area contributed by atoms with Crippen LogP contribution in [0.15, 0.2) is 0 Å². The molecule has 3 unspecified atom stereocenters. The van der Waals surface area contributed by atoms with Crippen LogP contribution in [0.2, 0.25) is 0 Å². The summed E-state index contributed by atoms with van der Waals surface area (Å²) in [7, 11) is 0. The van der Waals surface area contributed by atoms with Crippen LogP contribution in [-0.2, 0) is 4.79 Å². The number of carbonyl (C=O) groups is 1. The minimum Gasteiger partial charge on any atom is -0.341 e. The molecule has 1 amide bonds. The molecule has 0 aromatic carbocycles. The van der Waals surface area contributed by atoms with Gasteiger partial charge < -0.3 is 26.2 Å². The molecule has 0 spiro atoms. The van der Waals surface area contributed by atoms with E-state index in [2.05, 4.69) is 20.4 Å². The van der Waals surface area contributed by atoms with Crippen LogP contribution in [0, 0.1) is 11.8 Å². The van der Waals surface area contributed by atoms with Crippen LogP contribution in [-0.4, -0.2) is 79.6 Å². The smallest absolute Gasteiger partial charge is 0.239 e. The third-order valence-corrected chi connectivity index (χ3v) is 7.12. The van der Waals surface area contributed by atoms with Crippen LogP contribution >= 0.6 is 0 Å². The molecule has 0 aromatic rings. The zero-order valence-corrected chi connectivity index (χ0v) is 15.5. The van der Waals surface area contributed by atoms with Crippen molar-refractivity contribution in [3.63, 3.8) is 0 Å². The first-order valence-electron chi connectivity index (χ1n) is 10.4. The first-order chi connectivity index (χ1) is 12.2. The average Bonchev–Trinajstić information content (AvgIpc) is 2.61. The molecule has 142 valence electrons. The van der Waals surface area contributed by atoms with Crippen molar-refractivity contribution in [3.8, 4) is 0 Å². The monoisotopic (exact) mass is 349 g/mol. The second kappa shape index (κ2) is 7.91. The van der Waals surface area contributed by atoms with Crippen LogP contribution in [0.5, 0.6) is 0 Å². The average molecular weight is 350 g/mol. The molecule has 4 rings (SSSR count). The van der Waals surface area contributed by atoms with E-state index in [1.165, 1.54) is 25.9 Å². The van der Waals surface area contributed by atoms with E-state index >= 15 is 0 Å². The Morgan fingerprint density at radius 2 is 1.76 bits per heavy atom. The van der Waals surface area contributed by atoms with Gasteiger partial charge in [0.05, 0.1) is 6.04 Å². The molecule has 4 fully saturated rings. The molecule has 0 aromatic heterocycles. The molecule has 4 heterocycles. The van der Waals surface area contributed by atoms with Gasteiger partial charge in [0.25, 0.3) is 0 Å². The van der Waals surface area contributed by atoms with E-state index in [1.54, 1.807) is 0 Å². The fraction of sp³-hybridized carbons (Fsp3) is 0.947. The SMILES string of the molecule is NC1CNCCC1C1CC[C@H](C(=O)N2CCC(N3CCC3)CC2)NC1. The van der Waals surface area contributed by atoms with Crippen molar-refractivity contribution in [2.45, 2.75) is 56.7 Å². The predicted molar refractivity (Wildman–Crippen MR) is 99.3 cm³/mol. The van der Waals surface area contributed by atoms with Gasteiger partial charge in [0, 0.05) is 31.7 Å². The van der Waals surface area contributed by atoms with Crippen LogP contribution in [0.4, 0.5) is 0 Å². The third-order valence-electron chi connectivity index (χ3n) is 7.12. The second-order valence-corrected chi connectivity index (χ2v) is 8.56. The van der Waals surface area contributed by atoms with E-state index in [1.807, 2.05) is 0 Å². The second-order valence-electron chi connectivity index (χ2n) is 8.56. The van der Waals surface area contributed by atoms with Crippen molar-refractivity contribution < 1.29 is 4.79 Å².